The monoisotopic (exact) mass is 389 g/mol. The number of hydrogen-bond donors (Lipinski definition) is 4. The van der Waals surface area contributed by atoms with Crippen molar-refractivity contribution in [1.29, 1.82) is 0 Å². The molecule has 2 aromatic heterocycles. The first-order chi connectivity index (χ1) is 12.9. The van der Waals surface area contributed by atoms with E-state index in [1.807, 2.05) is 37.6 Å². The number of aliphatic hydroxyl groups excluding tert-OH is 1. The van der Waals surface area contributed by atoms with Gasteiger partial charge in [0, 0.05) is 13.6 Å². The SMILES string of the molecule is CC(C)C(CO)Nc1nc(NCc2cccc(Cl)c2N)c2ncn(C)c2n1. The minimum Gasteiger partial charge on any atom is -0.397 e. The number of rotatable bonds is 7. The topological polar surface area (TPSA) is 114 Å². The van der Waals surface area contributed by atoms with Crippen LogP contribution in [0.4, 0.5) is 17.5 Å². The van der Waals surface area contributed by atoms with E-state index in [0.717, 1.165) is 5.56 Å². The van der Waals surface area contributed by atoms with Crippen LogP contribution < -0.4 is 16.4 Å². The van der Waals surface area contributed by atoms with E-state index in [1.54, 1.807) is 12.4 Å². The highest BCUT2D eigenvalue weighted by molar-refractivity contribution is 6.33. The molecule has 1 atom stereocenters. The average Bonchev–Trinajstić information content (AvgIpc) is 3.01. The van der Waals surface area contributed by atoms with Crippen LogP contribution in [0.25, 0.3) is 11.2 Å². The van der Waals surface area contributed by atoms with Gasteiger partial charge in [0.2, 0.25) is 5.95 Å². The van der Waals surface area contributed by atoms with Gasteiger partial charge in [0.15, 0.2) is 17.0 Å². The van der Waals surface area contributed by atoms with Gasteiger partial charge in [0.05, 0.1) is 29.7 Å². The van der Waals surface area contributed by atoms with Crippen molar-refractivity contribution in [2.45, 2.75) is 26.4 Å². The maximum absolute atomic E-state index is 9.59. The summed E-state index contributed by atoms with van der Waals surface area (Å²) in [6.07, 6.45) is 1.69. The third-order valence-electron chi connectivity index (χ3n) is 4.47. The van der Waals surface area contributed by atoms with E-state index in [1.165, 1.54) is 0 Å². The molecule has 0 amide bonds. The molecule has 0 spiro atoms. The van der Waals surface area contributed by atoms with Gasteiger partial charge in [-0.05, 0) is 17.5 Å². The van der Waals surface area contributed by atoms with E-state index in [0.29, 0.717) is 40.2 Å². The lowest BCUT2D eigenvalue weighted by molar-refractivity contribution is 0.248. The van der Waals surface area contributed by atoms with Gasteiger partial charge in [0.25, 0.3) is 0 Å². The fourth-order valence-electron chi connectivity index (χ4n) is 2.70. The van der Waals surface area contributed by atoms with Gasteiger partial charge >= 0.3 is 0 Å². The molecular formula is C18H24ClN7O. The van der Waals surface area contributed by atoms with Crippen molar-refractivity contribution in [1.82, 2.24) is 19.5 Å². The number of benzene rings is 1. The van der Waals surface area contributed by atoms with Gasteiger partial charge in [-0.3, -0.25) is 0 Å². The Morgan fingerprint density at radius 1 is 1.30 bits per heavy atom. The number of nitrogens with one attached hydrogen (secondary N) is 2. The van der Waals surface area contributed by atoms with Crippen LogP contribution in [0.15, 0.2) is 24.5 Å². The maximum atomic E-state index is 9.59. The summed E-state index contributed by atoms with van der Waals surface area (Å²) in [5, 5.41) is 16.6. The van der Waals surface area contributed by atoms with Crippen LogP contribution in [-0.2, 0) is 13.6 Å². The first-order valence-corrected chi connectivity index (χ1v) is 9.11. The number of nitrogen functional groups attached to an aromatic ring is 1. The summed E-state index contributed by atoms with van der Waals surface area (Å²) in [5.41, 5.74) is 8.81. The van der Waals surface area contributed by atoms with Crippen LogP contribution in [0.2, 0.25) is 5.02 Å². The number of para-hydroxylation sites is 1. The van der Waals surface area contributed by atoms with Gasteiger partial charge in [-0.15, -0.1) is 0 Å². The van der Waals surface area contributed by atoms with Crippen molar-refractivity contribution in [3.8, 4) is 0 Å². The molecule has 5 N–H and O–H groups in total. The number of hydrogen-bond acceptors (Lipinski definition) is 7. The van der Waals surface area contributed by atoms with Crippen molar-refractivity contribution in [3.63, 3.8) is 0 Å². The zero-order valence-corrected chi connectivity index (χ0v) is 16.3. The number of anilines is 3. The molecule has 3 aromatic rings. The standard InChI is InChI=1S/C18H24ClN7O/c1-10(2)13(8-27)23-18-24-16(15-17(25-18)26(3)9-22-15)21-7-11-5-4-6-12(19)14(11)20/h4-6,9-10,13,27H,7-8,20H2,1-3H3,(H2,21,23,24,25). The zero-order valence-electron chi connectivity index (χ0n) is 15.6. The largest absolute Gasteiger partial charge is 0.397 e. The van der Waals surface area contributed by atoms with Crippen molar-refractivity contribution in [2.24, 2.45) is 13.0 Å². The maximum Gasteiger partial charge on any atom is 0.227 e. The van der Waals surface area contributed by atoms with Crippen molar-refractivity contribution < 1.29 is 5.11 Å². The predicted molar refractivity (Wildman–Crippen MR) is 109 cm³/mol. The second-order valence-corrected chi connectivity index (χ2v) is 7.17. The number of aromatic nitrogens is 4. The molecule has 0 bridgehead atoms. The summed E-state index contributed by atoms with van der Waals surface area (Å²) in [6, 6.07) is 5.37. The molecule has 1 unspecified atom stereocenters. The van der Waals surface area contributed by atoms with Crippen LogP contribution in [0.1, 0.15) is 19.4 Å². The normalized spacial score (nSPS) is 12.5. The van der Waals surface area contributed by atoms with Gasteiger partial charge in [-0.1, -0.05) is 37.6 Å². The molecule has 27 heavy (non-hydrogen) atoms. The van der Waals surface area contributed by atoms with Crippen LogP contribution in [-0.4, -0.2) is 37.3 Å². The minimum atomic E-state index is -0.146. The second-order valence-electron chi connectivity index (χ2n) is 6.77. The smallest absolute Gasteiger partial charge is 0.227 e. The molecule has 0 radical (unpaired) electrons. The van der Waals surface area contributed by atoms with E-state index >= 15 is 0 Å². The Kier molecular flexibility index (Phi) is 5.67. The summed E-state index contributed by atoms with van der Waals surface area (Å²) < 4.78 is 1.82. The summed E-state index contributed by atoms with van der Waals surface area (Å²) in [6.45, 7) is 4.49. The van der Waals surface area contributed by atoms with Gasteiger partial charge in [0.1, 0.15) is 0 Å². The van der Waals surface area contributed by atoms with E-state index in [2.05, 4.69) is 25.6 Å². The third kappa shape index (κ3) is 4.06. The number of halogens is 1. The number of nitrogens with two attached hydrogens (primary N) is 1. The zero-order chi connectivity index (χ0) is 19.6. The highest BCUT2D eigenvalue weighted by Gasteiger charge is 2.17. The Hall–Kier alpha value is -2.58. The van der Waals surface area contributed by atoms with E-state index in [9.17, 15) is 5.11 Å². The van der Waals surface area contributed by atoms with Gasteiger partial charge < -0.3 is 26.0 Å². The van der Waals surface area contributed by atoms with Crippen LogP contribution >= 0.6 is 11.6 Å². The van der Waals surface area contributed by atoms with E-state index in [-0.39, 0.29) is 18.6 Å². The molecule has 9 heteroatoms. The highest BCUT2D eigenvalue weighted by Crippen LogP contribution is 2.25. The number of aliphatic hydroxyl groups is 1. The molecule has 2 heterocycles. The molecule has 3 rings (SSSR count). The number of fused-ring (bicyclic) bond motifs is 1. The lowest BCUT2D eigenvalue weighted by atomic mass is 10.1. The Labute approximate surface area is 162 Å². The quantitative estimate of drug-likeness (QED) is 0.459. The molecule has 1 aromatic carbocycles. The minimum absolute atomic E-state index is 0.00768. The fraction of sp³-hybridized carbons (Fsp3) is 0.389. The molecule has 8 nitrogen and oxygen atoms in total. The van der Waals surface area contributed by atoms with Crippen molar-refractivity contribution >= 4 is 40.2 Å². The summed E-state index contributed by atoms with van der Waals surface area (Å²) in [5.74, 6) is 1.24. The average molecular weight is 390 g/mol. The molecular weight excluding hydrogens is 366 g/mol. The molecule has 0 saturated heterocycles. The van der Waals surface area contributed by atoms with Crippen molar-refractivity contribution in [3.05, 3.63) is 35.1 Å². The summed E-state index contributed by atoms with van der Waals surface area (Å²) in [7, 11) is 1.87. The molecule has 0 aliphatic carbocycles. The molecule has 0 aliphatic rings. The number of aryl methyl sites for hydroxylation is 1. The van der Waals surface area contributed by atoms with Crippen LogP contribution in [0, 0.1) is 5.92 Å². The lowest BCUT2D eigenvalue weighted by Crippen LogP contribution is -2.30. The molecule has 0 aliphatic heterocycles. The Bertz CT molecular complexity index is 941. The van der Waals surface area contributed by atoms with Crippen LogP contribution in [0.3, 0.4) is 0 Å². The summed E-state index contributed by atoms with van der Waals surface area (Å²) >= 11 is 6.09. The third-order valence-corrected chi connectivity index (χ3v) is 4.79. The Morgan fingerprint density at radius 3 is 2.78 bits per heavy atom. The molecule has 0 saturated carbocycles. The molecule has 144 valence electrons. The fourth-order valence-corrected chi connectivity index (χ4v) is 2.89. The highest BCUT2D eigenvalue weighted by atomic mass is 35.5. The van der Waals surface area contributed by atoms with E-state index < -0.39 is 0 Å². The second kappa shape index (κ2) is 7.98. The number of imidazole rings is 1. The first-order valence-electron chi connectivity index (χ1n) is 8.74. The van der Waals surface area contributed by atoms with Gasteiger partial charge in [-0.2, -0.15) is 9.97 Å². The predicted octanol–water partition coefficient (Wildman–Crippen LogP) is 2.64. The van der Waals surface area contributed by atoms with E-state index in [4.69, 9.17) is 17.3 Å². The number of nitrogens with zero attached hydrogens (tertiary/aromatic N) is 4. The lowest BCUT2D eigenvalue weighted by Gasteiger charge is -2.20. The Balaban J connectivity index is 1.92. The molecule has 0 fully saturated rings. The first kappa shape index (κ1) is 19.2. The Morgan fingerprint density at radius 2 is 2.07 bits per heavy atom. The van der Waals surface area contributed by atoms with Gasteiger partial charge in [-0.25, -0.2) is 4.98 Å². The van der Waals surface area contributed by atoms with Crippen LogP contribution in [0.5, 0.6) is 0 Å². The summed E-state index contributed by atoms with van der Waals surface area (Å²) in [4.78, 5) is 13.5. The van der Waals surface area contributed by atoms with Crippen molar-refractivity contribution in [2.75, 3.05) is 23.0 Å².